The fourth-order valence-electron chi connectivity index (χ4n) is 3.17. The van der Waals surface area contributed by atoms with Crippen LogP contribution in [0, 0.1) is 4.91 Å². The first-order valence-electron chi connectivity index (χ1n) is 10.7. The Balaban J connectivity index is 1.96. The Bertz CT molecular complexity index is 1430. The normalized spacial score (nSPS) is 12.1. The predicted octanol–water partition coefficient (Wildman–Crippen LogP) is 5.75. The van der Waals surface area contributed by atoms with E-state index in [1.807, 2.05) is 4.72 Å². The van der Waals surface area contributed by atoms with Gasteiger partial charge in [0.1, 0.15) is 16.4 Å². The summed E-state index contributed by atoms with van der Waals surface area (Å²) < 4.78 is 72.1. The second-order valence-electron chi connectivity index (χ2n) is 8.92. The molecule has 3 N–H and O–H groups in total. The highest BCUT2D eigenvalue weighted by Gasteiger charge is 2.30. The van der Waals surface area contributed by atoms with E-state index in [1.165, 1.54) is 24.3 Å². The number of hydrogen-bond acceptors (Lipinski definition) is 5. The van der Waals surface area contributed by atoms with Crippen molar-refractivity contribution in [2.45, 2.75) is 37.4 Å². The minimum atomic E-state index is -4.59. The summed E-state index contributed by atoms with van der Waals surface area (Å²) in [4.78, 5) is 22.4. The van der Waals surface area contributed by atoms with E-state index in [-0.39, 0.29) is 11.5 Å². The van der Waals surface area contributed by atoms with Crippen LogP contribution in [0.1, 0.15) is 26.3 Å². The second kappa shape index (κ2) is 10.1. The zero-order valence-corrected chi connectivity index (χ0v) is 20.6. The van der Waals surface area contributed by atoms with Gasteiger partial charge >= 0.3 is 17.9 Å². The van der Waals surface area contributed by atoms with Crippen molar-refractivity contribution >= 4 is 21.7 Å². The van der Waals surface area contributed by atoms with Gasteiger partial charge in [-0.25, -0.2) is 23.1 Å². The summed E-state index contributed by atoms with van der Waals surface area (Å²) in [6.07, 6.45) is -4.48. The summed E-state index contributed by atoms with van der Waals surface area (Å²) in [7, 11) is -4.59. The molecule has 37 heavy (non-hydrogen) atoms. The van der Waals surface area contributed by atoms with Crippen LogP contribution in [0.5, 0.6) is 11.5 Å². The van der Waals surface area contributed by atoms with Crippen LogP contribution in [-0.2, 0) is 16.2 Å². The molecule has 3 rings (SSSR count). The Morgan fingerprint density at radius 3 is 2.16 bits per heavy atom. The largest absolute Gasteiger partial charge is 0.456 e. The maximum atomic E-state index is 13.0. The number of ether oxygens (including phenoxy) is 1. The third-order valence-electron chi connectivity index (χ3n) is 4.76. The van der Waals surface area contributed by atoms with Gasteiger partial charge in [-0.05, 0) is 62.2 Å². The molecular formula is C24H23F3N3O6S+. The number of nitrogens with one attached hydrogen (secondary N) is 2. The van der Waals surface area contributed by atoms with Gasteiger partial charge in [-0.1, -0.05) is 24.3 Å². The van der Waals surface area contributed by atoms with E-state index >= 15 is 0 Å². The van der Waals surface area contributed by atoms with Crippen LogP contribution in [0.15, 0.2) is 71.6 Å². The van der Waals surface area contributed by atoms with Gasteiger partial charge in [0.25, 0.3) is 14.9 Å². The molecule has 0 aromatic heterocycles. The highest BCUT2D eigenvalue weighted by Crippen LogP contribution is 2.35. The first-order valence-corrected chi connectivity index (χ1v) is 12.1. The van der Waals surface area contributed by atoms with Crippen LogP contribution < -0.4 is 14.8 Å². The Kier molecular flexibility index (Phi) is 7.49. The average Bonchev–Trinajstić information content (AvgIpc) is 2.77. The Hall–Kier alpha value is -4.13. The van der Waals surface area contributed by atoms with E-state index in [2.05, 4.69) is 5.32 Å². The fraction of sp³-hybridized carbons (Fsp3) is 0.208. The molecule has 0 aliphatic heterocycles. The summed E-state index contributed by atoms with van der Waals surface area (Å²) in [6, 6.07) is 12.5. The summed E-state index contributed by atoms with van der Waals surface area (Å²) >= 11 is 0. The third kappa shape index (κ3) is 7.19. The molecule has 0 aliphatic carbocycles. The minimum Gasteiger partial charge on any atom is -0.456 e. The predicted molar refractivity (Wildman–Crippen MR) is 127 cm³/mol. The lowest BCUT2D eigenvalue weighted by atomic mass is 10.0. The highest BCUT2D eigenvalue weighted by molar-refractivity contribution is 7.90. The number of alkyl halides is 3. The van der Waals surface area contributed by atoms with Gasteiger partial charge in [0.05, 0.1) is 10.5 Å². The second-order valence-corrected chi connectivity index (χ2v) is 10.6. The number of amides is 2. The van der Waals surface area contributed by atoms with Crippen molar-refractivity contribution in [1.82, 2.24) is 10.0 Å². The van der Waals surface area contributed by atoms with E-state index in [1.54, 1.807) is 32.9 Å². The van der Waals surface area contributed by atoms with E-state index in [0.29, 0.717) is 11.1 Å². The van der Waals surface area contributed by atoms with E-state index in [9.17, 15) is 36.5 Å². The van der Waals surface area contributed by atoms with Gasteiger partial charge in [0.15, 0.2) is 0 Å². The van der Waals surface area contributed by atoms with Gasteiger partial charge in [0.2, 0.25) is 0 Å². The molecule has 0 saturated heterocycles. The summed E-state index contributed by atoms with van der Waals surface area (Å²) in [5.74, 6) is -0.171. The maximum absolute atomic E-state index is 13.0. The molecular weight excluding hydrogens is 515 g/mol. The van der Waals surface area contributed by atoms with Gasteiger partial charge < -0.3 is 10.1 Å². The van der Waals surface area contributed by atoms with Crippen molar-refractivity contribution in [3.8, 4) is 22.6 Å². The molecule has 3 aromatic carbocycles. The van der Waals surface area contributed by atoms with E-state index in [0.717, 1.165) is 30.3 Å². The average molecular weight is 539 g/mol. The molecule has 0 unspecified atom stereocenters. The molecule has 2 amide bonds. The monoisotopic (exact) mass is 538 g/mol. The number of rotatable bonds is 6. The van der Waals surface area contributed by atoms with Crippen LogP contribution in [0.2, 0.25) is 0 Å². The van der Waals surface area contributed by atoms with E-state index in [4.69, 9.17) is 4.74 Å². The van der Waals surface area contributed by atoms with Crippen molar-refractivity contribution in [1.29, 1.82) is 0 Å². The first kappa shape index (κ1) is 27.5. The summed E-state index contributed by atoms with van der Waals surface area (Å²) in [6.45, 7) is 4.91. The number of halogens is 3. The standard InChI is InChI=1S/C24H22F3N3O6S/c1-23(2,3)28-22(31)29-37(34,35)21-14-18(30(32)33)11-12-20(21)36-19-6-4-5-16(13-19)15-7-9-17(10-8-15)24(25,26)27/h4-14H,1-3H3,(H2-,28,29,31,32,33)/p+1. The SMILES string of the molecule is CC(C)(C)NC(=O)NS(=O)(=O)c1cc([N+](=O)O)ccc1Oc1cccc(-c2ccc(C(F)(F)F)cc2)c1. The quantitative estimate of drug-likeness (QED) is 0.343. The maximum Gasteiger partial charge on any atom is 0.416 e. The fourth-order valence-corrected chi connectivity index (χ4v) is 4.23. The molecule has 0 heterocycles. The van der Waals surface area contributed by atoms with Gasteiger partial charge in [-0.15, -0.1) is 0 Å². The molecule has 0 radical (unpaired) electrons. The Labute approximate surface area is 210 Å². The Morgan fingerprint density at radius 1 is 0.946 bits per heavy atom. The lowest BCUT2D eigenvalue weighted by Crippen LogP contribution is -2.48. The number of sulfonamides is 1. The minimum absolute atomic E-state index is 0.115. The number of nitrogens with zero attached hydrogens (tertiary/aromatic N) is 1. The summed E-state index contributed by atoms with van der Waals surface area (Å²) in [5, 5.41) is 11.7. The third-order valence-corrected chi connectivity index (χ3v) is 6.11. The van der Waals surface area contributed by atoms with E-state index < -0.39 is 48.8 Å². The number of urea groups is 1. The molecule has 0 aliphatic rings. The molecule has 9 nitrogen and oxygen atoms in total. The topological polar surface area (TPSA) is 125 Å². The van der Waals surface area contributed by atoms with Gasteiger partial charge in [-0.3, -0.25) is 0 Å². The molecule has 0 saturated carbocycles. The highest BCUT2D eigenvalue weighted by atomic mass is 32.2. The van der Waals surface area contributed by atoms with Crippen molar-refractivity contribution in [2.24, 2.45) is 0 Å². The van der Waals surface area contributed by atoms with Crippen molar-refractivity contribution < 1.29 is 41.3 Å². The molecule has 0 spiro atoms. The molecule has 0 fully saturated rings. The van der Waals surface area contributed by atoms with Crippen LogP contribution in [0.4, 0.5) is 23.7 Å². The zero-order chi connectivity index (χ0) is 27.6. The molecule has 196 valence electrons. The molecule has 0 atom stereocenters. The van der Waals surface area contributed by atoms with Crippen LogP contribution in [0.3, 0.4) is 0 Å². The number of hydrogen-bond donors (Lipinski definition) is 3. The number of carbonyl (C=O) groups is 1. The van der Waals surface area contributed by atoms with Crippen LogP contribution >= 0.6 is 0 Å². The van der Waals surface area contributed by atoms with Crippen LogP contribution in [0.25, 0.3) is 11.1 Å². The van der Waals surface area contributed by atoms with Gasteiger partial charge in [0, 0.05) is 17.7 Å². The first-order chi connectivity index (χ1) is 17.0. The summed E-state index contributed by atoms with van der Waals surface area (Å²) in [5.41, 5.74) is -1.07. The smallest absolute Gasteiger partial charge is 0.416 e. The molecule has 3 aromatic rings. The Morgan fingerprint density at radius 2 is 1.59 bits per heavy atom. The molecule has 13 heteroatoms. The number of benzene rings is 3. The van der Waals surface area contributed by atoms with Crippen molar-refractivity contribution in [2.75, 3.05) is 0 Å². The zero-order valence-electron chi connectivity index (χ0n) is 19.8. The molecule has 0 bridgehead atoms. The lowest BCUT2D eigenvalue weighted by Gasteiger charge is -2.21. The van der Waals surface area contributed by atoms with Crippen molar-refractivity contribution in [3.05, 3.63) is 77.2 Å². The number of carbonyl (C=O) groups excluding carboxylic acids is 1. The lowest BCUT2D eigenvalue weighted by molar-refractivity contribution is -0.729. The van der Waals surface area contributed by atoms with Crippen LogP contribution in [-0.4, -0.2) is 30.1 Å². The van der Waals surface area contributed by atoms with Gasteiger partial charge in [-0.2, -0.15) is 13.2 Å². The van der Waals surface area contributed by atoms with Crippen molar-refractivity contribution in [3.63, 3.8) is 0 Å².